The van der Waals surface area contributed by atoms with Gasteiger partial charge in [-0.25, -0.2) is 14.8 Å². The van der Waals surface area contributed by atoms with Gasteiger partial charge < -0.3 is 10.1 Å². The average molecular weight is 513 g/mol. The van der Waals surface area contributed by atoms with Crippen LogP contribution in [0.1, 0.15) is 50.4 Å². The van der Waals surface area contributed by atoms with Crippen LogP contribution in [0.4, 0.5) is 13.2 Å². The Morgan fingerprint density at radius 3 is 2.54 bits per heavy atom. The molecule has 7 nitrogen and oxygen atoms in total. The third-order valence-electron chi connectivity index (χ3n) is 7.17. The molecule has 0 radical (unpaired) electrons. The van der Waals surface area contributed by atoms with Crippen LogP contribution in [0, 0.1) is 5.41 Å². The number of carbonyl (C=O) groups excluding carboxylic acids is 2. The molecular weight excluding hydrogens is 485 g/mol. The number of hydrogen-bond acceptors (Lipinski definition) is 6. The fraction of sp³-hybridized carbons (Fsp3) is 0.407. The lowest BCUT2D eigenvalue weighted by molar-refractivity contribution is -0.146. The number of imidazole rings is 1. The normalized spacial score (nSPS) is 17.8. The molecule has 0 bridgehead atoms. The minimum atomic E-state index is -4.67. The molecule has 0 saturated heterocycles. The van der Waals surface area contributed by atoms with Crippen molar-refractivity contribution in [1.82, 2.24) is 19.9 Å². The Morgan fingerprint density at radius 2 is 1.89 bits per heavy atom. The highest BCUT2D eigenvalue weighted by molar-refractivity contribution is 6.05. The first kappa shape index (κ1) is 25.0. The van der Waals surface area contributed by atoms with Gasteiger partial charge in [-0.3, -0.25) is 9.36 Å². The molecule has 2 aromatic heterocycles. The second-order valence-electron chi connectivity index (χ2n) is 9.50. The number of ketones is 1. The second kappa shape index (κ2) is 9.64. The molecule has 1 fully saturated rings. The van der Waals surface area contributed by atoms with Gasteiger partial charge in [0.15, 0.2) is 11.4 Å². The van der Waals surface area contributed by atoms with Crippen molar-refractivity contribution in [2.45, 2.75) is 57.7 Å². The van der Waals surface area contributed by atoms with E-state index in [0.717, 1.165) is 47.9 Å². The average Bonchev–Trinajstić information content (AvgIpc) is 3.29. The number of nitrogens with zero attached hydrogens (tertiary/aromatic N) is 3. The maximum Gasteiger partial charge on any atom is 0.450 e. The van der Waals surface area contributed by atoms with Crippen molar-refractivity contribution < 1.29 is 27.5 Å². The minimum Gasteiger partial charge on any atom is -0.464 e. The molecule has 1 saturated carbocycles. The Morgan fingerprint density at radius 1 is 1.16 bits per heavy atom. The van der Waals surface area contributed by atoms with Crippen LogP contribution >= 0.6 is 0 Å². The number of alkyl halides is 3. The van der Waals surface area contributed by atoms with E-state index in [4.69, 9.17) is 4.74 Å². The largest absolute Gasteiger partial charge is 0.464 e. The molecule has 1 atom stereocenters. The first-order chi connectivity index (χ1) is 17.7. The number of halogens is 3. The van der Waals surface area contributed by atoms with E-state index >= 15 is 0 Å². The summed E-state index contributed by atoms with van der Waals surface area (Å²) >= 11 is 0. The molecule has 1 aromatic carbocycles. The van der Waals surface area contributed by atoms with Gasteiger partial charge in [-0.2, -0.15) is 13.2 Å². The Kier molecular flexibility index (Phi) is 6.51. The van der Waals surface area contributed by atoms with Gasteiger partial charge in [0.2, 0.25) is 5.82 Å². The van der Waals surface area contributed by atoms with E-state index in [1.165, 1.54) is 18.3 Å². The number of aromatic nitrogens is 3. The van der Waals surface area contributed by atoms with Crippen LogP contribution in [-0.2, 0) is 26.9 Å². The molecular formula is C27H27F3N4O3. The Hall–Kier alpha value is -3.69. The fourth-order valence-electron chi connectivity index (χ4n) is 5.30. The standard InChI is InChI=1S/C27H27F3N4O3/c1-2-37-24(36)20(32-21-16-22(35)26(21)12-4-3-5-13-26)15-17-8-10-18(11-9-17)34-23-19(7-6-14-31-23)33-25(34)27(28,29)30/h6-11,14,16,20,32H,2-5,12-13,15H2,1H3/t20-/m0/s1. The Balaban J connectivity index is 1.41. The molecule has 5 rings (SSSR count). The van der Waals surface area contributed by atoms with Crippen LogP contribution in [0.5, 0.6) is 0 Å². The molecule has 0 unspecified atom stereocenters. The molecule has 1 N–H and O–H groups in total. The lowest BCUT2D eigenvalue weighted by Crippen LogP contribution is -2.52. The number of fused-ring (bicyclic) bond motifs is 1. The SMILES string of the molecule is CCOC(=O)[C@H](Cc1ccc(-n2c(C(F)(F)F)nc3cccnc32)cc1)NC1=CC(=O)C12CCCCC2. The number of carbonyl (C=O) groups is 2. The maximum atomic E-state index is 13.7. The molecule has 3 aromatic rings. The zero-order valence-corrected chi connectivity index (χ0v) is 20.3. The first-order valence-corrected chi connectivity index (χ1v) is 12.4. The molecule has 1 spiro atoms. The molecule has 10 heteroatoms. The van der Waals surface area contributed by atoms with Crippen LogP contribution in [0.15, 0.2) is 54.4 Å². The third-order valence-corrected chi connectivity index (χ3v) is 7.17. The Labute approximate surface area is 211 Å². The zero-order chi connectivity index (χ0) is 26.2. The summed E-state index contributed by atoms with van der Waals surface area (Å²) in [5.41, 5.74) is 1.47. The van der Waals surface area contributed by atoms with Gasteiger partial charge in [-0.1, -0.05) is 31.4 Å². The number of benzene rings is 1. The molecule has 2 aliphatic carbocycles. The van der Waals surface area contributed by atoms with Gasteiger partial charge in [-0.15, -0.1) is 0 Å². The number of ether oxygens (including phenoxy) is 1. The van der Waals surface area contributed by atoms with Crippen molar-refractivity contribution in [3.63, 3.8) is 0 Å². The molecule has 0 aliphatic heterocycles. The highest BCUT2D eigenvalue weighted by Crippen LogP contribution is 2.48. The van der Waals surface area contributed by atoms with Crippen LogP contribution in [0.2, 0.25) is 0 Å². The summed E-state index contributed by atoms with van der Waals surface area (Å²) in [5.74, 6) is -1.40. The summed E-state index contributed by atoms with van der Waals surface area (Å²) in [6.07, 6.45) is 3.12. The van der Waals surface area contributed by atoms with Crippen LogP contribution in [0.25, 0.3) is 16.9 Å². The van der Waals surface area contributed by atoms with Crippen molar-refractivity contribution in [2.75, 3.05) is 6.61 Å². The lowest BCUT2D eigenvalue weighted by Gasteiger charge is -2.44. The molecule has 2 aliphatic rings. The first-order valence-electron chi connectivity index (χ1n) is 12.4. The number of hydrogen-bond donors (Lipinski definition) is 1. The summed E-state index contributed by atoms with van der Waals surface area (Å²) < 4.78 is 47.4. The third kappa shape index (κ3) is 4.60. The smallest absolute Gasteiger partial charge is 0.450 e. The van der Waals surface area contributed by atoms with Crippen molar-refractivity contribution >= 4 is 22.9 Å². The quantitative estimate of drug-likeness (QED) is 0.453. The second-order valence-corrected chi connectivity index (χ2v) is 9.50. The van der Waals surface area contributed by atoms with Crippen LogP contribution < -0.4 is 5.32 Å². The van der Waals surface area contributed by atoms with Crippen molar-refractivity contribution in [2.24, 2.45) is 5.41 Å². The van der Waals surface area contributed by atoms with Crippen LogP contribution in [-0.4, -0.2) is 38.9 Å². The monoisotopic (exact) mass is 512 g/mol. The van der Waals surface area contributed by atoms with E-state index < -0.39 is 29.4 Å². The number of rotatable bonds is 7. The topological polar surface area (TPSA) is 86.1 Å². The highest BCUT2D eigenvalue weighted by Gasteiger charge is 2.49. The summed E-state index contributed by atoms with van der Waals surface area (Å²) in [7, 11) is 0. The van der Waals surface area contributed by atoms with Gasteiger partial charge >= 0.3 is 12.1 Å². The van der Waals surface area contributed by atoms with Crippen LogP contribution in [0.3, 0.4) is 0 Å². The van der Waals surface area contributed by atoms with Gasteiger partial charge in [0, 0.05) is 30.1 Å². The van der Waals surface area contributed by atoms with Crippen molar-refractivity contribution in [3.05, 3.63) is 65.8 Å². The van der Waals surface area contributed by atoms with E-state index in [2.05, 4.69) is 15.3 Å². The number of nitrogens with one attached hydrogen (secondary N) is 1. The summed E-state index contributed by atoms with van der Waals surface area (Å²) in [5, 5.41) is 3.26. The fourth-order valence-corrected chi connectivity index (χ4v) is 5.30. The predicted molar refractivity (Wildman–Crippen MR) is 130 cm³/mol. The van der Waals surface area contributed by atoms with Gasteiger partial charge in [0.05, 0.1) is 12.0 Å². The zero-order valence-electron chi connectivity index (χ0n) is 20.3. The highest BCUT2D eigenvalue weighted by atomic mass is 19.4. The number of pyridine rings is 1. The molecule has 0 amide bonds. The Bertz CT molecular complexity index is 1360. The van der Waals surface area contributed by atoms with E-state index in [9.17, 15) is 22.8 Å². The summed E-state index contributed by atoms with van der Waals surface area (Å²) in [6.45, 7) is 1.93. The van der Waals surface area contributed by atoms with Crippen molar-refractivity contribution in [3.8, 4) is 5.69 Å². The molecule has 37 heavy (non-hydrogen) atoms. The van der Waals surface area contributed by atoms with Gasteiger partial charge in [0.1, 0.15) is 11.6 Å². The predicted octanol–water partition coefficient (Wildman–Crippen LogP) is 4.92. The molecule has 2 heterocycles. The van der Waals surface area contributed by atoms with E-state index in [0.29, 0.717) is 0 Å². The summed E-state index contributed by atoms with van der Waals surface area (Å²) in [4.78, 5) is 33.1. The summed E-state index contributed by atoms with van der Waals surface area (Å²) in [6, 6.07) is 8.74. The van der Waals surface area contributed by atoms with Crippen molar-refractivity contribution in [1.29, 1.82) is 0 Å². The van der Waals surface area contributed by atoms with E-state index in [-0.39, 0.29) is 35.7 Å². The van der Waals surface area contributed by atoms with Gasteiger partial charge in [-0.05, 0) is 49.6 Å². The van der Waals surface area contributed by atoms with Gasteiger partial charge in [0.25, 0.3) is 0 Å². The number of allylic oxidation sites excluding steroid dienone is 2. The lowest BCUT2D eigenvalue weighted by atomic mass is 9.62. The van der Waals surface area contributed by atoms with E-state index in [1.54, 1.807) is 37.3 Å². The van der Waals surface area contributed by atoms with E-state index in [1.807, 2.05) is 0 Å². The molecule has 194 valence electrons. The minimum absolute atomic E-state index is 0.100. The maximum absolute atomic E-state index is 13.7. The number of esters is 1.